The van der Waals surface area contributed by atoms with Crippen LogP contribution in [0.3, 0.4) is 0 Å². The number of fused-ring (bicyclic) bond motifs is 1. The molecule has 7 nitrogen and oxygen atoms in total. The first kappa shape index (κ1) is 22.9. The molecule has 2 heterocycles. The third kappa shape index (κ3) is 4.71. The number of aryl methyl sites for hydroxylation is 2. The number of benzene rings is 3. The molecule has 0 atom stereocenters. The van der Waals surface area contributed by atoms with E-state index in [0.29, 0.717) is 28.3 Å². The number of rotatable bonds is 7. The van der Waals surface area contributed by atoms with Crippen LogP contribution in [0.15, 0.2) is 95.9 Å². The summed E-state index contributed by atoms with van der Waals surface area (Å²) in [7, 11) is -3.82. The number of aromatic nitrogens is 4. The molecule has 0 fully saturated rings. The summed E-state index contributed by atoms with van der Waals surface area (Å²) < 4.78 is 31.3. The van der Waals surface area contributed by atoms with E-state index in [4.69, 9.17) is 0 Å². The zero-order valence-electron chi connectivity index (χ0n) is 19.5. The molecular weight excluding hydrogens is 458 g/mol. The van der Waals surface area contributed by atoms with Gasteiger partial charge >= 0.3 is 0 Å². The molecule has 5 aromatic rings. The van der Waals surface area contributed by atoms with Gasteiger partial charge in [-0.1, -0.05) is 72.8 Å². The van der Waals surface area contributed by atoms with E-state index in [1.165, 1.54) is 4.31 Å². The Hall–Kier alpha value is -3.88. The van der Waals surface area contributed by atoms with Crippen LogP contribution in [-0.4, -0.2) is 32.5 Å². The van der Waals surface area contributed by atoms with Crippen LogP contribution in [0.5, 0.6) is 0 Å². The summed E-state index contributed by atoms with van der Waals surface area (Å²) in [6.45, 7) is 4.19. The van der Waals surface area contributed by atoms with Gasteiger partial charge in [0.2, 0.25) is 10.0 Å². The normalized spacial score (nSPS) is 11.9. The van der Waals surface area contributed by atoms with Gasteiger partial charge in [-0.2, -0.15) is 13.9 Å². The zero-order chi connectivity index (χ0) is 24.4. The Morgan fingerprint density at radius 2 is 1.40 bits per heavy atom. The predicted octanol–water partition coefficient (Wildman–Crippen LogP) is 4.80. The van der Waals surface area contributed by atoms with E-state index in [1.54, 1.807) is 10.6 Å². The monoisotopic (exact) mass is 483 g/mol. The van der Waals surface area contributed by atoms with Crippen LogP contribution in [0.1, 0.15) is 22.5 Å². The SMILES string of the molecule is Cc1ccc(-c2ccc3nnc(C)n3n2)cc1S(=O)(=O)N(Cc1ccccc1)Cc1ccccc1. The number of nitrogens with zero attached hydrogens (tertiary/aromatic N) is 5. The van der Waals surface area contributed by atoms with Crippen LogP contribution in [-0.2, 0) is 23.1 Å². The molecule has 2 aromatic heterocycles. The molecule has 8 heteroatoms. The topological polar surface area (TPSA) is 80.5 Å². The fourth-order valence-electron chi connectivity index (χ4n) is 4.03. The third-order valence-electron chi connectivity index (χ3n) is 5.92. The molecule has 0 bridgehead atoms. The fraction of sp³-hybridized carbons (Fsp3) is 0.148. The number of hydrogen-bond acceptors (Lipinski definition) is 5. The standard InChI is InChI=1S/C27H25N5O2S/c1-20-13-14-24(25-15-16-27-29-28-21(2)32(27)30-25)17-26(20)35(33,34)31(18-22-9-5-3-6-10-22)19-23-11-7-4-8-12-23/h3-17H,18-19H2,1-2H3. The Balaban J connectivity index is 1.57. The van der Waals surface area contributed by atoms with Crippen molar-refractivity contribution in [3.8, 4) is 11.3 Å². The molecule has 0 spiro atoms. The maximum atomic E-state index is 14.1. The minimum Gasteiger partial charge on any atom is -0.207 e. The Labute approximate surface area is 204 Å². The highest BCUT2D eigenvalue weighted by Crippen LogP contribution is 2.28. The van der Waals surface area contributed by atoms with Gasteiger partial charge in [-0.25, -0.2) is 8.42 Å². The van der Waals surface area contributed by atoms with Gasteiger partial charge in [0.15, 0.2) is 11.5 Å². The second kappa shape index (κ2) is 9.40. The van der Waals surface area contributed by atoms with Crippen molar-refractivity contribution in [3.05, 3.63) is 114 Å². The van der Waals surface area contributed by atoms with E-state index in [0.717, 1.165) is 11.1 Å². The average molecular weight is 484 g/mol. The molecule has 0 saturated heterocycles. The van der Waals surface area contributed by atoms with Crippen molar-refractivity contribution >= 4 is 15.7 Å². The first-order chi connectivity index (χ1) is 16.9. The predicted molar refractivity (Wildman–Crippen MR) is 135 cm³/mol. The van der Waals surface area contributed by atoms with Gasteiger partial charge in [-0.05, 0) is 48.7 Å². The highest BCUT2D eigenvalue weighted by Gasteiger charge is 2.27. The second-order valence-electron chi connectivity index (χ2n) is 8.46. The lowest BCUT2D eigenvalue weighted by Gasteiger charge is -2.24. The summed E-state index contributed by atoms with van der Waals surface area (Å²) >= 11 is 0. The van der Waals surface area contributed by atoms with E-state index in [9.17, 15) is 8.42 Å². The molecule has 0 aliphatic carbocycles. The molecule has 0 amide bonds. The number of hydrogen-bond donors (Lipinski definition) is 0. The molecule has 0 unspecified atom stereocenters. The van der Waals surface area contributed by atoms with Crippen LogP contribution in [0.4, 0.5) is 0 Å². The molecular formula is C27H25N5O2S. The molecule has 0 aliphatic heterocycles. The van der Waals surface area contributed by atoms with Gasteiger partial charge in [0.25, 0.3) is 0 Å². The molecule has 0 aliphatic rings. The molecule has 0 N–H and O–H groups in total. The van der Waals surface area contributed by atoms with Crippen LogP contribution in [0, 0.1) is 13.8 Å². The van der Waals surface area contributed by atoms with Crippen molar-refractivity contribution in [2.45, 2.75) is 31.8 Å². The van der Waals surface area contributed by atoms with Gasteiger partial charge in [-0.3, -0.25) is 0 Å². The van der Waals surface area contributed by atoms with E-state index in [1.807, 2.05) is 98.8 Å². The Kier molecular flexibility index (Phi) is 6.15. The van der Waals surface area contributed by atoms with Gasteiger partial charge in [0.05, 0.1) is 10.6 Å². The lowest BCUT2D eigenvalue weighted by Crippen LogP contribution is -2.30. The lowest BCUT2D eigenvalue weighted by atomic mass is 10.1. The van der Waals surface area contributed by atoms with E-state index in [2.05, 4.69) is 15.3 Å². The van der Waals surface area contributed by atoms with Crippen molar-refractivity contribution < 1.29 is 8.42 Å². The molecule has 0 saturated carbocycles. The van der Waals surface area contributed by atoms with Crippen molar-refractivity contribution in [1.82, 2.24) is 24.1 Å². The highest BCUT2D eigenvalue weighted by atomic mass is 32.2. The average Bonchev–Trinajstić information content (AvgIpc) is 3.25. The summed E-state index contributed by atoms with van der Waals surface area (Å²) in [5, 5.41) is 12.7. The van der Waals surface area contributed by atoms with Crippen LogP contribution >= 0.6 is 0 Å². The Bertz CT molecular complexity index is 1540. The van der Waals surface area contributed by atoms with Crippen molar-refractivity contribution in [2.24, 2.45) is 0 Å². The quantitative estimate of drug-likeness (QED) is 0.332. The molecule has 0 radical (unpaired) electrons. The number of sulfonamides is 1. The maximum Gasteiger partial charge on any atom is 0.243 e. The summed E-state index contributed by atoms with van der Waals surface area (Å²) in [6, 6.07) is 28.4. The third-order valence-corrected chi connectivity index (χ3v) is 7.86. The van der Waals surface area contributed by atoms with Crippen molar-refractivity contribution in [3.63, 3.8) is 0 Å². The van der Waals surface area contributed by atoms with Crippen molar-refractivity contribution in [1.29, 1.82) is 0 Å². The van der Waals surface area contributed by atoms with Gasteiger partial charge in [-0.15, -0.1) is 10.2 Å². The molecule has 3 aromatic carbocycles. The Morgan fingerprint density at radius 1 is 0.771 bits per heavy atom. The van der Waals surface area contributed by atoms with Gasteiger partial charge < -0.3 is 0 Å². The van der Waals surface area contributed by atoms with E-state index in [-0.39, 0.29) is 18.0 Å². The summed E-state index contributed by atoms with van der Waals surface area (Å²) in [4.78, 5) is 0.268. The fourth-order valence-corrected chi connectivity index (χ4v) is 5.69. The van der Waals surface area contributed by atoms with Crippen molar-refractivity contribution in [2.75, 3.05) is 0 Å². The van der Waals surface area contributed by atoms with Gasteiger partial charge in [0, 0.05) is 18.7 Å². The summed E-state index contributed by atoms with van der Waals surface area (Å²) in [5.74, 6) is 0.665. The molecule has 5 rings (SSSR count). The van der Waals surface area contributed by atoms with Crippen LogP contribution < -0.4 is 0 Å². The second-order valence-corrected chi connectivity index (χ2v) is 10.4. The first-order valence-corrected chi connectivity index (χ1v) is 12.7. The van der Waals surface area contributed by atoms with Crippen LogP contribution in [0.25, 0.3) is 16.9 Å². The molecule has 176 valence electrons. The van der Waals surface area contributed by atoms with Crippen LogP contribution in [0.2, 0.25) is 0 Å². The lowest BCUT2D eigenvalue weighted by molar-refractivity contribution is 0.401. The minimum absolute atomic E-state index is 0.268. The smallest absolute Gasteiger partial charge is 0.207 e. The highest BCUT2D eigenvalue weighted by molar-refractivity contribution is 7.89. The first-order valence-electron chi connectivity index (χ1n) is 11.3. The largest absolute Gasteiger partial charge is 0.243 e. The summed E-state index contributed by atoms with van der Waals surface area (Å²) in [5.41, 5.74) is 4.54. The van der Waals surface area contributed by atoms with Gasteiger partial charge in [0.1, 0.15) is 0 Å². The summed E-state index contributed by atoms with van der Waals surface area (Å²) in [6.07, 6.45) is 0. The van der Waals surface area contributed by atoms with E-state index >= 15 is 0 Å². The van der Waals surface area contributed by atoms with E-state index < -0.39 is 10.0 Å². The zero-order valence-corrected chi connectivity index (χ0v) is 20.4. The Morgan fingerprint density at radius 3 is 2.03 bits per heavy atom. The molecule has 35 heavy (non-hydrogen) atoms. The minimum atomic E-state index is -3.82. The maximum absolute atomic E-state index is 14.1.